The molecule has 0 amide bonds. The van der Waals surface area contributed by atoms with E-state index in [4.69, 9.17) is 21.1 Å². The van der Waals surface area contributed by atoms with Crippen molar-refractivity contribution in [1.29, 1.82) is 0 Å². The number of hydrogen-bond acceptors (Lipinski definition) is 2. The fourth-order valence-electron chi connectivity index (χ4n) is 1.30. The Morgan fingerprint density at radius 1 is 1.28 bits per heavy atom. The molecule has 98 valence electrons. The maximum atomic E-state index is 13.3. The number of hydrogen-bond donors (Lipinski definition) is 0. The first kappa shape index (κ1) is 14.8. The molecule has 0 N–H and O–H groups in total. The smallest absolute Gasteiger partial charge is 0.128 e. The lowest BCUT2D eigenvalue weighted by molar-refractivity contribution is 0.0552. The highest BCUT2D eigenvalue weighted by molar-refractivity contribution is 6.19. The Bertz CT molecular complexity index is 435. The van der Waals surface area contributed by atoms with Crippen LogP contribution in [0.4, 0.5) is 4.39 Å². The second kappa shape index (κ2) is 7.97. The molecule has 18 heavy (non-hydrogen) atoms. The summed E-state index contributed by atoms with van der Waals surface area (Å²) in [6, 6.07) is 4.34. The molecule has 0 heterocycles. The monoisotopic (exact) mass is 270 g/mol. The van der Waals surface area contributed by atoms with Gasteiger partial charge in [0.1, 0.15) is 18.2 Å². The van der Waals surface area contributed by atoms with Gasteiger partial charge in [0.05, 0.1) is 18.6 Å². The third kappa shape index (κ3) is 5.90. The largest absolute Gasteiger partial charge is 0.491 e. The van der Waals surface area contributed by atoms with Gasteiger partial charge < -0.3 is 9.47 Å². The van der Waals surface area contributed by atoms with E-state index in [2.05, 4.69) is 11.8 Å². The molecule has 0 bridgehead atoms. The first-order chi connectivity index (χ1) is 8.61. The molecule has 1 rings (SSSR count). The number of halogens is 2. The van der Waals surface area contributed by atoms with E-state index < -0.39 is 0 Å². The third-order valence-corrected chi connectivity index (χ3v) is 2.11. The summed E-state index contributed by atoms with van der Waals surface area (Å²) in [6.45, 7) is 4.74. The highest BCUT2D eigenvalue weighted by Crippen LogP contribution is 2.15. The van der Waals surface area contributed by atoms with Gasteiger partial charge in [-0.3, -0.25) is 0 Å². The van der Waals surface area contributed by atoms with Gasteiger partial charge in [-0.25, -0.2) is 4.39 Å². The Kier molecular flexibility index (Phi) is 6.56. The van der Waals surface area contributed by atoms with Crippen LogP contribution in [0.25, 0.3) is 0 Å². The minimum atomic E-state index is -0.379. The van der Waals surface area contributed by atoms with Gasteiger partial charge in [0.25, 0.3) is 0 Å². The minimum absolute atomic E-state index is 0.159. The number of rotatable bonds is 5. The van der Waals surface area contributed by atoms with Crippen LogP contribution >= 0.6 is 11.6 Å². The average molecular weight is 271 g/mol. The molecule has 0 saturated heterocycles. The molecule has 1 aromatic carbocycles. The molecule has 0 aliphatic heterocycles. The molecule has 4 heteroatoms. The van der Waals surface area contributed by atoms with Crippen LogP contribution in [-0.2, 0) is 4.74 Å². The van der Waals surface area contributed by atoms with Crippen molar-refractivity contribution in [1.82, 2.24) is 0 Å². The molecule has 0 atom stereocenters. The van der Waals surface area contributed by atoms with Gasteiger partial charge in [-0.05, 0) is 26.0 Å². The van der Waals surface area contributed by atoms with Gasteiger partial charge in [-0.15, -0.1) is 11.6 Å². The lowest BCUT2D eigenvalue weighted by atomic mass is 10.2. The summed E-state index contributed by atoms with van der Waals surface area (Å²) in [6.07, 6.45) is 0.159. The Balaban J connectivity index is 2.57. The topological polar surface area (TPSA) is 18.5 Å². The number of alkyl halides is 1. The number of benzene rings is 1. The predicted octanol–water partition coefficient (Wildman–Crippen LogP) is 3.22. The zero-order valence-corrected chi connectivity index (χ0v) is 11.3. The van der Waals surface area contributed by atoms with Gasteiger partial charge >= 0.3 is 0 Å². The first-order valence-corrected chi connectivity index (χ1v) is 6.25. The Morgan fingerprint density at radius 3 is 2.72 bits per heavy atom. The Hall–Kier alpha value is -1.24. The molecular weight excluding hydrogens is 255 g/mol. The van der Waals surface area contributed by atoms with Crippen molar-refractivity contribution in [2.24, 2.45) is 0 Å². The van der Waals surface area contributed by atoms with E-state index in [1.165, 1.54) is 12.1 Å². The molecule has 1 aromatic rings. The zero-order chi connectivity index (χ0) is 13.4. The molecule has 0 fully saturated rings. The molecule has 0 radical (unpaired) electrons. The lowest BCUT2D eigenvalue weighted by Crippen LogP contribution is -2.11. The zero-order valence-electron chi connectivity index (χ0n) is 10.5. The second-order valence-corrected chi connectivity index (χ2v) is 4.15. The lowest BCUT2D eigenvalue weighted by Gasteiger charge is -2.09. The first-order valence-electron chi connectivity index (χ1n) is 5.71. The van der Waals surface area contributed by atoms with Crippen molar-refractivity contribution < 1.29 is 13.9 Å². The normalized spacial score (nSPS) is 10.1. The van der Waals surface area contributed by atoms with Gasteiger partial charge in [0.15, 0.2) is 0 Å². The molecule has 0 unspecified atom stereocenters. The van der Waals surface area contributed by atoms with Gasteiger partial charge in [0.2, 0.25) is 0 Å². The standard InChI is InChI=1S/C14H16ClFO2/c1-11(2)17-6-7-18-14-9-12(4-3-5-15)8-13(16)10-14/h8-11H,5-7H2,1-2H3. The van der Waals surface area contributed by atoms with Crippen LogP contribution in [0.5, 0.6) is 5.75 Å². The van der Waals surface area contributed by atoms with Crippen molar-refractivity contribution in [3.8, 4) is 17.6 Å². The van der Waals surface area contributed by atoms with Crippen LogP contribution < -0.4 is 4.74 Å². The predicted molar refractivity (Wildman–Crippen MR) is 70.6 cm³/mol. The third-order valence-electron chi connectivity index (χ3n) is 1.97. The van der Waals surface area contributed by atoms with Crippen molar-refractivity contribution >= 4 is 11.6 Å². The maximum Gasteiger partial charge on any atom is 0.128 e. The van der Waals surface area contributed by atoms with Gasteiger partial charge in [0, 0.05) is 11.6 Å². The van der Waals surface area contributed by atoms with E-state index in [0.717, 1.165) is 0 Å². The van der Waals surface area contributed by atoms with E-state index in [9.17, 15) is 4.39 Å². The van der Waals surface area contributed by atoms with E-state index in [0.29, 0.717) is 24.5 Å². The van der Waals surface area contributed by atoms with Crippen LogP contribution in [0, 0.1) is 17.7 Å². The molecule has 0 spiro atoms. The summed E-state index contributed by atoms with van der Waals surface area (Å²) < 4.78 is 24.0. The summed E-state index contributed by atoms with van der Waals surface area (Å²) >= 11 is 5.45. The van der Waals surface area contributed by atoms with Crippen molar-refractivity contribution in [3.05, 3.63) is 29.6 Å². The molecule has 0 saturated carbocycles. The highest BCUT2D eigenvalue weighted by atomic mass is 35.5. The summed E-state index contributed by atoms with van der Waals surface area (Å²) in [7, 11) is 0. The fraction of sp³-hybridized carbons (Fsp3) is 0.429. The average Bonchev–Trinajstić information content (AvgIpc) is 2.31. The summed E-state index contributed by atoms with van der Waals surface area (Å²) in [5.41, 5.74) is 0.551. The van der Waals surface area contributed by atoms with Crippen LogP contribution in [0.3, 0.4) is 0 Å². The summed E-state index contributed by atoms with van der Waals surface area (Å²) in [5, 5.41) is 0. The maximum absolute atomic E-state index is 13.3. The second-order valence-electron chi connectivity index (χ2n) is 3.88. The van der Waals surface area contributed by atoms with Gasteiger partial charge in [-0.1, -0.05) is 11.8 Å². The summed E-state index contributed by atoms with van der Waals surface area (Å²) in [5.74, 6) is 5.70. The van der Waals surface area contributed by atoms with Crippen LogP contribution in [-0.4, -0.2) is 25.2 Å². The Morgan fingerprint density at radius 2 is 2.06 bits per heavy atom. The van der Waals surface area contributed by atoms with Gasteiger partial charge in [-0.2, -0.15) is 0 Å². The fourth-order valence-corrected chi connectivity index (χ4v) is 1.36. The minimum Gasteiger partial charge on any atom is -0.491 e. The molecule has 0 aliphatic rings. The van der Waals surface area contributed by atoms with Crippen LogP contribution in [0.1, 0.15) is 19.4 Å². The van der Waals surface area contributed by atoms with Crippen LogP contribution in [0.2, 0.25) is 0 Å². The summed E-state index contributed by atoms with van der Waals surface area (Å²) in [4.78, 5) is 0. The van der Waals surface area contributed by atoms with E-state index in [-0.39, 0.29) is 17.8 Å². The van der Waals surface area contributed by atoms with Crippen molar-refractivity contribution in [3.63, 3.8) is 0 Å². The number of ether oxygens (including phenoxy) is 2. The Labute approximate surface area is 112 Å². The SMILES string of the molecule is CC(C)OCCOc1cc(F)cc(C#CCCl)c1. The van der Waals surface area contributed by atoms with E-state index in [1.54, 1.807) is 6.07 Å². The van der Waals surface area contributed by atoms with E-state index >= 15 is 0 Å². The van der Waals surface area contributed by atoms with Crippen LogP contribution in [0.15, 0.2) is 18.2 Å². The molecule has 2 nitrogen and oxygen atoms in total. The molecule has 0 aliphatic carbocycles. The quantitative estimate of drug-likeness (QED) is 0.465. The van der Waals surface area contributed by atoms with Crippen molar-refractivity contribution in [2.75, 3.05) is 19.1 Å². The highest BCUT2D eigenvalue weighted by Gasteiger charge is 2.01. The van der Waals surface area contributed by atoms with Crippen molar-refractivity contribution in [2.45, 2.75) is 20.0 Å². The molecule has 0 aromatic heterocycles. The van der Waals surface area contributed by atoms with E-state index in [1.807, 2.05) is 13.8 Å². The molecular formula is C14H16ClFO2.